The summed E-state index contributed by atoms with van der Waals surface area (Å²) in [6.07, 6.45) is 3.51. The highest BCUT2D eigenvalue weighted by Crippen LogP contribution is 2.03. The Hall–Kier alpha value is -2.90. The summed E-state index contributed by atoms with van der Waals surface area (Å²) < 4.78 is 9.02. The van der Waals surface area contributed by atoms with E-state index in [1.807, 2.05) is 5.43 Å². The van der Waals surface area contributed by atoms with Gasteiger partial charge in [0.25, 0.3) is 5.91 Å². The molecule has 0 aromatic carbocycles. The Morgan fingerprint density at radius 1 is 0.933 bits per heavy atom. The molecular weight excluding hydrogens is 392 g/mol. The average molecular weight is 427 g/mol. The van der Waals surface area contributed by atoms with Crippen LogP contribution in [0.4, 0.5) is 0 Å². The summed E-state index contributed by atoms with van der Waals surface area (Å²) >= 11 is 0. The number of aromatic nitrogens is 6. The Bertz CT molecular complexity index is 748. The maximum atomic E-state index is 11.0. The lowest BCUT2D eigenvalue weighted by molar-refractivity contribution is -0.884. The van der Waals surface area contributed by atoms with E-state index in [4.69, 9.17) is 5.84 Å². The van der Waals surface area contributed by atoms with Gasteiger partial charge in [0.05, 0.1) is 61.8 Å². The van der Waals surface area contributed by atoms with Gasteiger partial charge in [-0.3, -0.25) is 15.0 Å². The largest absolute Gasteiger partial charge is 0.468 e. The van der Waals surface area contributed by atoms with Crippen LogP contribution in [0.2, 0.25) is 0 Å². The summed E-state index contributed by atoms with van der Waals surface area (Å²) in [4.78, 5) is 21.9. The van der Waals surface area contributed by atoms with Gasteiger partial charge in [-0.15, -0.1) is 10.2 Å². The third kappa shape index (κ3) is 10.6. The zero-order valence-electron chi connectivity index (χ0n) is 18.9. The van der Waals surface area contributed by atoms with E-state index >= 15 is 0 Å². The first-order valence-electron chi connectivity index (χ1n) is 9.26. The number of carbonyl (C=O) groups excluding carboxylic acids is 2. The molecule has 0 saturated heterocycles. The van der Waals surface area contributed by atoms with Gasteiger partial charge in [0.1, 0.15) is 37.6 Å². The van der Waals surface area contributed by atoms with E-state index < -0.39 is 0 Å². The molecule has 0 aliphatic carbocycles. The zero-order chi connectivity index (χ0) is 22.9. The minimum absolute atomic E-state index is 0.0979. The summed E-state index contributed by atoms with van der Waals surface area (Å²) in [5, 5.41) is 15.6. The van der Waals surface area contributed by atoms with E-state index in [0.717, 1.165) is 33.4 Å². The number of hydrogen-bond donors (Lipinski definition) is 2. The third-order valence-corrected chi connectivity index (χ3v) is 3.43. The second-order valence-electron chi connectivity index (χ2n) is 8.86. The van der Waals surface area contributed by atoms with Gasteiger partial charge in [-0.25, -0.2) is 15.2 Å². The summed E-state index contributed by atoms with van der Waals surface area (Å²) in [5.74, 6) is 4.35. The van der Waals surface area contributed by atoms with E-state index in [9.17, 15) is 9.59 Å². The second-order valence-corrected chi connectivity index (χ2v) is 8.86. The molecule has 0 saturated carbocycles. The van der Waals surface area contributed by atoms with Crippen LogP contribution in [0, 0.1) is 0 Å². The van der Waals surface area contributed by atoms with E-state index in [2.05, 4.69) is 67.6 Å². The molecule has 0 aliphatic heterocycles. The molecule has 13 heteroatoms. The van der Waals surface area contributed by atoms with Crippen LogP contribution in [0.5, 0.6) is 0 Å². The van der Waals surface area contributed by atoms with Crippen LogP contribution in [-0.4, -0.2) is 100 Å². The fourth-order valence-corrected chi connectivity index (χ4v) is 2.34. The van der Waals surface area contributed by atoms with Gasteiger partial charge in [-0.05, 0) is 0 Å². The fraction of sp³-hybridized carbons (Fsp3) is 0.647. The van der Waals surface area contributed by atoms with Gasteiger partial charge >= 0.3 is 5.97 Å². The Kier molecular flexibility index (Phi) is 9.01. The third-order valence-electron chi connectivity index (χ3n) is 3.43. The van der Waals surface area contributed by atoms with Crippen LogP contribution in [-0.2, 0) is 40.5 Å². The Labute approximate surface area is 176 Å². The first-order chi connectivity index (χ1) is 13.8. The van der Waals surface area contributed by atoms with Crippen molar-refractivity contribution in [2.45, 2.75) is 26.2 Å². The topological polar surface area (TPSA) is 143 Å². The van der Waals surface area contributed by atoms with Crippen molar-refractivity contribution in [2.75, 3.05) is 49.4 Å². The molecule has 0 aliphatic rings. The maximum Gasteiger partial charge on any atom is 0.327 e. The summed E-state index contributed by atoms with van der Waals surface area (Å²) in [6.45, 7) is 1.76. The van der Waals surface area contributed by atoms with Gasteiger partial charge in [-0.1, -0.05) is 10.4 Å². The number of hydrogen-bond acceptors (Lipinski definition) is 8. The number of esters is 1. The van der Waals surface area contributed by atoms with Gasteiger partial charge in [0.2, 0.25) is 0 Å². The van der Waals surface area contributed by atoms with Gasteiger partial charge in [0, 0.05) is 0 Å². The number of nitrogens with two attached hydrogens (primary N) is 1. The fourth-order valence-electron chi connectivity index (χ4n) is 2.34. The second kappa shape index (κ2) is 10.8. The number of quaternary nitrogens is 2. The molecule has 30 heavy (non-hydrogen) atoms. The predicted molar refractivity (Wildman–Crippen MR) is 108 cm³/mol. The molecule has 2 rings (SSSR count). The maximum absolute atomic E-state index is 11.0. The molecule has 0 unspecified atom stereocenters. The van der Waals surface area contributed by atoms with Crippen molar-refractivity contribution >= 4 is 11.9 Å². The average Bonchev–Trinajstić information content (AvgIpc) is 3.21. The zero-order valence-corrected chi connectivity index (χ0v) is 18.9. The molecule has 0 radical (unpaired) electrons. The lowest BCUT2D eigenvalue weighted by Crippen LogP contribution is -2.33. The van der Waals surface area contributed by atoms with Gasteiger partial charge < -0.3 is 13.7 Å². The molecule has 1 amide bonds. The molecule has 2 aromatic heterocycles. The van der Waals surface area contributed by atoms with E-state index in [-0.39, 0.29) is 25.0 Å². The molecule has 168 valence electrons. The molecule has 3 N–H and O–H groups in total. The summed E-state index contributed by atoms with van der Waals surface area (Å²) in [6, 6.07) is 0. The molecule has 2 heterocycles. The number of rotatable bonds is 8. The number of nitrogens with zero attached hydrogens (tertiary/aromatic N) is 8. The molecule has 0 spiro atoms. The van der Waals surface area contributed by atoms with Gasteiger partial charge in [-0.2, -0.15) is 0 Å². The molecular formula is C17H34N10O3+2. The number of methoxy groups -OCH3 is 1. The first-order valence-corrected chi connectivity index (χ1v) is 9.26. The molecule has 2 aromatic rings. The number of amides is 1. The van der Waals surface area contributed by atoms with Crippen molar-refractivity contribution in [3.8, 4) is 0 Å². The molecule has 0 bridgehead atoms. The number of nitrogens with one attached hydrogen (secondary N) is 1. The van der Waals surface area contributed by atoms with Crippen LogP contribution in [0.15, 0.2) is 12.4 Å². The van der Waals surface area contributed by atoms with E-state index in [0.29, 0.717) is 0 Å². The van der Waals surface area contributed by atoms with Crippen molar-refractivity contribution in [3.05, 3.63) is 23.8 Å². The smallest absolute Gasteiger partial charge is 0.327 e. The van der Waals surface area contributed by atoms with Crippen molar-refractivity contribution in [1.29, 1.82) is 0 Å². The number of carbonyl (C=O) groups is 2. The Morgan fingerprint density at radius 2 is 1.37 bits per heavy atom. The predicted octanol–water partition coefficient (Wildman–Crippen LogP) is -1.87. The summed E-state index contributed by atoms with van der Waals surface area (Å²) in [5.41, 5.74) is 3.76. The first kappa shape index (κ1) is 25.1. The SMILES string of the molecule is COC(=O)Cn1cc(C[N+](C)(C)C)nn1.C[N+](C)(C)Cc1cn(CC(=O)NN)nn1. The van der Waals surface area contributed by atoms with Crippen LogP contribution in [0.3, 0.4) is 0 Å². The molecule has 0 atom stereocenters. The Morgan fingerprint density at radius 3 is 1.73 bits per heavy atom. The summed E-state index contributed by atoms with van der Waals surface area (Å²) in [7, 11) is 13.7. The minimum atomic E-state index is -0.323. The van der Waals surface area contributed by atoms with E-state index in [1.165, 1.54) is 16.5 Å². The van der Waals surface area contributed by atoms with Crippen LogP contribution >= 0.6 is 0 Å². The van der Waals surface area contributed by atoms with Gasteiger partial charge in [0.15, 0.2) is 0 Å². The van der Waals surface area contributed by atoms with Crippen LogP contribution in [0.1, 0.15) is 11.4 Å². The number of hydrazine groups is 1. The monoisotopic (exact) mass is 426 g/mol. The highest BCUT2D eigenvalue weighted by molar-refractivity contribution is 5.74. The van der Waals surface area contributed by atoms with Crippen molar-refractivity contribution in [2.24, 2.45) is 5.84 Å². The van der Waals surface area contributed by atoms with Crippen LogP contribution in [0.25, 0.3) is 0 Å². The van der Waals surface area contributed by atoms with Crippen LogP contribution < -0.4 is 11.3 Å². The highest BCUT2D eigenvalue weighted by atomic mass is 16.5. The standard InChI is InChI=1S/C9H17N4O2.C8H16N6O/c1-13(2,3)7-8-5-12(11-10-8)6-9(14)15-4;1-14(2,3)6-7-4-13(12-11-7)5-8(15)10-9/h5H,6-7H2,1-4H3;4H,5-6H2,1-3H3,(H2-,9,10,11,12,15)/q+1;/p+1. The lowest BCUT2D eigenvalue weighted by atomic mass is 10.4. The normalized spacial score (nSPS) is 11.5. The van der Waals surface area contributed by atoms with Crippen molar-refractivity contribution in [3.63, 3.8) is 0 Å². The number of ether oxygens (including phenoxy) is 1. The minimum Gasteiger partial charge on any atom is -0.468 e. The lowest BCUT2D eigenvalue weighted by Gasteiger charge is -2.21. The van der Waals surface area contributed by atoms with Crippen molar-refractivity contribution in [1.82, 2.24) is 35.4 Å². The molecule has 13 nitrogen and oxygen atoms in total. The molecule has 0 fully saturated rings. The Balaban J connectivity index is 0.000000300. The quantitative estimate of drug-likeness (QED) is 0.164. The van der Waals surface area contributed by atoms with E-state index in [1.54, 1.807) is 12.4 Å². The van der Waals surface area contributed by atoms with Crippen molar-refractivity contribution < 1.29 is 23.3 Å². The highest BCUT2D eigenvalue weighted by Gasteiger charge is 2.13.